The van der Waals surface area contributed by atoms with Crippen LogP contribution in [0.1, 0.15) is 26.7 Å². The number of nitriles is 1. The van der Waals surface area contributed by atoms with E-state index in [4.69, 9.17) is 4.74 Å². The van der Waals surface area contributed by atoms with Crippen LogP contribution in [0.4, 0.5) is 0 Å². The first-order valence-corrected chi connectivity index (χ1v) is 5.54. The number of rotatable bonds is 4. The zero-order valence-electron chi connectivity index (χ0n) is 9.20. The maximum atomic E-state index is 9.18. The molecule has 1 fully saturated rings. The summed E-state index contributed by atoms with van der Waals surface area (Å²) in [4.78, 5) is 2.27. The molecule has 80 valence electrons. The Morgan fingerprint density at radius 1 is 1.29 bits per heavy atom. The third-order valence-corrected chi connectivity index (χ3v) is 3.07. The average Bonchev–Trinajstić information content (AvgIpc) is 2.27. The van der Waals surface area contributed by atoms with Gasteiger partial charge in [0.25, 0.3) is 0 Å². The van der Waals surface area contributed by atoms with Crippen molar-refractivity contribution < 1.29 is 4.74 Å². The molecule has 1 heterocycles. The number of ether oxygens (including phenoxy) is 1. The van der Waals surface area contributed by atoms with E-state index < -0.39 is 0 Å². The second-order valence-electron chi connectivity index (χ2n) is 3.80. The lowest BCUT2D eigenvalue weighted by atomic mass is 9.93. The molecular weight excluding hydrogens is 176 g/mol. The summed E-state index contributed by atoms with van der Waals surface area (Å²) in [5.74, 6) is 0.512. The van der Waals surface area contributed by atoms with E-state index in [0.717, 1.165) is 39.1 Å². The third kappa shape index (κ3) is 2.70. The lowest BCUT2D eigenvalue weighted by Gasteiger charge is -2.34. The highest BCUT2D eigenvalue weighted by Gasteiger charge is 2.26. The van der Waals surface area contributed by atoms with Gasteiger partial charge in [-0.25, -0.2) is 0 Å². The molecule has 1 aliphatic rings. The zero-order valence-corrected chi connectivity index (χ0v) is 9.20. The van der Waals surface area contributed by atoms with Crippen molar-refractivity contribution in [3.8, 4) is 6.07 Å². The molecule has 0 bridgehead atoms. The maximum absolute atomic E-state index is 9.18. The van der Waals surface area contributed by atoms with E-state index in [-0.39, 0.29) is 6.04 Å². The van der Waals surface area contributed by atoms with Crippen molar-refractivity contribution >= 4 is 0 Å². The lowest BCUT2D eigenvalue weighted by molar-refractivity contribution is 0.0151. The summed E-state index contributed by atoms with van der Waals surface area (Å²) < 4.78 is 5.29. The Balaban J connectivity index is 2.55. The molecule has 0 saturated carbocycles. The highest BCUT2D eigenvalue weighted by Crippen LogP contribution is 2.19. The zero-order chi connectivity index (χ0) is 10.4. The van der Waals surface area contributed by atoms with Crippen LogP contribution in [-0.2, 0) is 4.74 Å². The molecule has 0 aromatic carbocycles. The molecule has 1 saturated heterocycles. The van der Waals surface area contributed by atoms with Gasteiger partial charge in [-0.2, -0.15) is 5.26 Å². The second kappa shape index (κ2) is 6.00. The first kappa shape index (κ1) is 11.5. The monoisotopic (exact) mass is 196 g/mol. The number of morpholine rings is 1. The molecule has 0 radical (unpaired) electrons. The highest BCUT2D eigenvalue weighted by atomic mass is 16.5. The van der Waals surface area contributed by atoms with Gasteiger partial charge in [-0.1, -0.05) is 26.7 Å². The summed E-state index contributed by atoms with van der Waals surface area (Å²) in [5, 5.41) is 9.18. The molecule has 1 atom stereocenters. The van der Waals surface area contributed by atoms with E-state index >= 15 is 0 Å². The van der Waals surface area contributed by atoms with Crippen LogP contribution in [0.5, 0.6) is 0 Å². The van der Waals surface area contributed by atoms with Gasteiger partial charge in [-0.05, 0) is 5.92 Å². The summed E-state index contributed by atoms with van der Waals surface area (Å²) in [5.41, 5.74) is 0. The quantitative estimate of drug-likeness (QED) is 0.686. The minimum Gasteiger partial charge on any atom is -0.379 e. The molecule has 3 nitrogen and oxygen atoms in total. The Labute approximate surface area is 86.6 Å². The SMILES string of the molecule is CCC(CC)C(C#N)N1CCOCC1. The Bertz CT molecular complexity index is 190. The van der Waals surface area contributed by atoms with Crippen molar-refractivity contribution in [2.24, 2.45) is 5.92 Å². The van der Waals surface area contributed by atoms with Crippen LogP contribution in [0.3, 0.4) is 0 Å². The van der Waals surface area contributed by atoms with Gasteiger partial charge in [0, 0.05) is 13.1 Å². The molecule has 0 aromatic heterocycles. The minimum atomic E-state index is 0.0916. The molecule has 3 heteroatoms. The Kier molecular flexibility index (Phi) is 4.92. The predicted octanol–water partition coefficient (Wildman–Crippen LogP) is 1.65. The van der Waals surface area contributed by atoms with Crippen LogP contribution in [0.2, 0.25) is 0 Å². The smallest absolute Gasteiger partial charge is 0.101 e. The van der Waals surface area contributed by atoms with Crippen LogP contribution in [-0.4, -0.2) is 37.2 Å². The molecule has 14 heavy (non-hydrogen) atoms. The van der Waals surface area contributed by atoms with E-state index in [0.29, 0.717) is 5.92 Å². The van der Waals surface area contributed by atoms with Crippen molar-refractivity contribution in [2.45, 2.75) is 32.7 Å². The molecule has 0 aromatic rings. The largest absolute Gasteiger partial charge is 0.379 e. The minimum absolute atomic E-state index is 0.0916. The van der Waals surface area contributed by atoms with Crippen LogP contribution < -0.4 is 0 Å². The van der Waals surface area contributed by atoms with E-state index in [9.17, 15) is 5.26 Å². The molecule has 0 aliphatic carbocycles. The third-order valence-electron chi connectivity index (χ3n) is 3.07. The van der Waals surface area contributed by atoms with Crippen molar-refractivity contribution in [1.82, 2.24) is 4.90 Å². The van der Waals surface area contributed by atoms with E-state index in [2.05, 4.69) is 24.8 Å². The maximum Gasteiger partial charge on any atom is 0.101 e. The van der Waals surface area contributed by atoms with Crippen LogP contribution in [0, 0.1) is 17.2 Å². The van der Waals surface area contributed by atoms with Gasteiger partial charge < -0.3 is 4.74 Å². The van der Waals surface area contributed by atoms with Crippen LogP contribution in [0.25, 0.3) is 0 Å². The molecule has 0 spiro atoms. The second-order valence-corrected chi connectivity index (χ2v) is 3.80. The molecular formula is C11H20N2O. The van der Waals surface area contributed by atoms with Gasteiger partial charge in [-0.15, -0.1) is 0 Å². The number of hydrogen-bond acceptors (Lipinski definition) is 3. The molecule has 1 rings (SSSR count). The van der Waals surface area contributed by atoms with Gasteiger partial charge in [0.05, 0.1) is 19.3 Å². The van der Waals surface area contributed by atoms with Crippen molar-refractivity contribution in [3.05, 3.63) is 0 Å². The predicted molar refractivity (Wildman–Crippen MR) is 55.9 cm³/mol. The van der Waals surface area contributed by atoms with Crippen LogP contribution in [0.15, 0.2) is 0 Å². The summed E-state index contributed by atoms with van der Waals surface area (Å²) in [7, 11) is 0. The topological polar surface area (TPSA) is 36.3 Å². The Morgan fingerprint density at radius 3 is 2.29 bits per heavy atom. The van der Waals surface area contributed by atoms with Crippen molar-refractivity contribution in [1.29, 1.82) is 5.26 Å². The summed E-state index contributed by atoms with van der Waals surface area (Å²) in [6, 6.07) is 2.54. The normalized spacial score (nSPS) is 20.7. The Morgan fingerprint density at radius 2 is 1.86 bits per heavy atom. The van der Waals surface area contributed by atoms with Crippen molar-refractivity contribution in [2.75, 3.05) is 26.3 Å². The number of hydrogen-bond donors (Lipinski definition) is 0. The molecule has 0 amide bonds. The Hall–Kier alpha value is -0.590. The van der Waals surface area contributed by atoms with Gasteiger partial charge in [0.15, 0.2) is 0 Å². The van der Waals surface area contributed by atoms with Gasteiger partial charge in [-0.3, -0.25) is 4.90 Å². The fraction of sp³-hybridized carbons (Fsp3) is 0.909. The molecule has 1 aliphatic heterocycles. The lowest BCUT2D eigenvalue weighted by Crippen LogP contribution is -2.46. The fourth-order valence-corrected chi connectivity index (χ4v) is 2.08. The van der Waals surface area contributed by atoms with Gasteiger partial charge >= 0.3 is 0 Å². The number of nitrogens with zero attached hydrogens (tertiary/aromatic N) is 2. The fourth-order valence-electron chi connectivity index (χ4n) is 2.08. The summed E-state index contributed by atoms with van der Waals surface area (Å²) in [6.07, 6.45) is 2.18. The van der Waals surface area contributed by atoms with Crippen LogP contribution >= 0.6 is 0 Å². The van der Waals surface area contributed by atoms with E-state index in [1.165, 1.54) is 0 Å². The summed E-state index contributed by atoms with van der Waals surface area (Å²) >= 11 is 0. The first-order chi connectivity index (χ1) is 6.83. The standard InChI is InChI=1S/C11H20N2O/c1-3-10(4-2)11(9-12)13-5-7-14-8-6-13/h10-11H,3-8H2,1-2H3. The van der Waals surface area contributed by atoms with Gasteiger partial charge in [0.1, 0.15) is 6.04 Å². The van der Waals surface area contributed by atoms with Crippen molar-refractivity contribution in [3.63, 3.8) is 0 Å². The highest BCUT2D eigenvalue weighted by molar-refractivity contribution is 4.96. The van der Waals surface area contributed by atoms with Gasteiger partial charge in [0.2, 0.25) is 0 Å². The molecule has 0 N–H and O–H groups in total. The summed E-state index contributed by atoms with van der Waals surface area (Å²) in [6.45, 7) is 7.71. The van der Waals surface area contributed by atoms with E-state index in [1.54, 1.807) is 0 Å². The molecule has 1 unspecified atom stereocenters. The average molecular weight is 196 g/mol. The van der Waals surface area contributed by atoms with E-state index in [1.807, 2.05) is 0 Å². The first-order valence-electron chi connectivity index (χ1n) is 5.54.